The van der Waals surface area contributed by atoms with Crippen LogP contribution in [-0.2, 0) is 13.0 Å². The Bertz CT molecular complexity index is 732. The Hall–Kier alpha value is -2.05. The van der Waals surface area contributed by atoms with Crippen LogP contribution in [0.1, 0.15) is 11.1 Å². The molecule has 0 radical (unpaired) electrons. The molecule has 20 heavy (non-hydrogen) atoms. The molecule has 0 amide bonds. The fraction of sp³-hybridized carbons (Fsp3) is 0.214. The van der Waals surface area contributed by atoms with E-state index in [9.17, 15) is 0 Å². The van der Waals surface area contributed by atoms with Gasteiger partial charge in [-0.25, -0.2) is 4.98 Å². The molecule has 1 aliphatic heterocycles. The summed E-state index contributed by atoms with van der Waals surface area (Å²) in [6.07, 6.45) is 2.78. The van der Waals surface area contributed by atoms with E-state index < -0.39 is 0 Å². The van der Waals surface area contributed by atoms with Gasteiger partial charge < -0.3 is 5.32 Å². The van der Waals surface area contributed by atoms with Gasteiger partial charge in [0.15, 0.2) is 0 Å². The Morgan fingerprint density at radius 3 is 3.05 bits per heavy atom. The minimum Gasteiger partial charge on any atom is -0.312 e. The third kappa shape index (κ3) is 2.03. The van der Waals surface area contributed by atoms with Crippen molar-refractivity contribution in [1.29, 1.82) is 0 Å². The average molecular weight is 283 g/mol. The second-order valence-electron chi connectivity index (χ2n) is 4.80. The van der Waals surface area contributed by atoms with Gasteiger partial charge in [-0.15, -0.1) is 11.3 Å². The Morgan fingerprint density at radius 2 is 2.15 bits per heavy atom. The third-order valence-corrected chi connectivity index (χ3v) is 4.39. The van der Waals surface area contributed by atoms with Crippen LogP contribution in [0.5, 0.6) is 0 Å². The number of H-pyrrole nitrogens is 1. The molecule has 0 unspecified atom stereocenters. The summed E-state index contributed by atoms with van der Waals surface area (Å²) in [5.74, 6) is 0. The third-order valence-electron chi connectivity index (χ3n) is 3.53. The van der Waals surface area contributed by atoms with Gasteiger partial charge >= 0.3 is 0 Å². The van der Waals surface area contributed by atoms with E-state index >= 15 is 0 Å². The second kappa shape index (κ2) is 4.81. The van der Waals surface area contributed by atoms with Gasteiger partial charge in [-0.2, -0.15) is 15.4 Å². The zero-order valence-corrected chi connectivity index (χ0v) is 11.6. The van der Waals surface area contributed by atoms with E-state index in [0.29, 0.717) is 0 Å². The van der Waals surface area contributed by atoms with Crippen LogP contribution in [0.3, 0.4) is 0 Å². The minimum atomic E-state index is 0.795. The number of thiazole rings is 1. The summed E-state index contributed by atoms with van der Waals surface area (Å²) in [6, 6.07) is 6.61. The van der Waals surface area contributed by atoms with E-state index in [1.54, 1.807) is 17.5 Å². The summed E-state index contributed by atoms with van der Waals surface area (Å²) < 4.78 is 0. The van der Waals surface area contributed by atoms with Crippen molar-refractivity contribution in [1.82, 2.24) is 25.7 Å². The molecule has 3 aromatic rings. The smallest absolute Gasteiger partial charge is 0.146 e. The maximum Gasteiger partial charge on any atom is 0.146 e. The maximum atomic E-state index is 4.65. The van der Waals surface area contributed by atoms with E-state index in [2.05, 4.69) is 49.3 Å². The number of hydrogen-bond donors (Lipinski definition) is 2. The lowest BCUT2D eigenvalue weighted by Crippen LogP contribution is -2.23. The van der Waals surface area contributed by atoms with Crippen molar-refractivity contribution in [2.24, 2.45) is 0 Å². The normalized spacial score (nSPS) is 14.2. The van der Waals surface area contributed by atoms with Crippen LogP contribution >= 0.6 is 11.3 Å². The van der Waals surface area contributed by atoms with Crippen molar-refractivity contribution in [3.8, 4) is 22.0 Å². The van der Waals surface area contributed by atoms with E-state index in [1.165, 1.54) is 16.7 Å². The predicted octanol–water partition coefficient (Wildman–Crippen LogP) is 2.24. The number of nitrogens with zero attached hydrogens (tertiary/aromatic N) is 3. The summed E-state index contributed by atoms with van der Waals surface area (Å²) in [5, 5.41) is 16.9. The molecule has 100 valence electrons. The summed E-state index contributed by atoms with van der Waals surface area (Å²) in [6.45, 7) is 2.02. The number of rotatable bonds is 2. The standard InChI is InChI=1S/C14H13N5S/c1-2-11-6-15-4-3-9(11)5-10(1)13-8-20-14(17-13)12-7-16-19-18-12/h1-2,5,7-8,15H,3-4,6H2,(H,16,18,19). The molecule has 0 spiro atoms. The van der Waals surface area contributed by atoms with Crippen molar-refractivity contribution in [3.05, 3.63) is 40.9 Å². The lowest BCUT2D eigenvalue weighted by atomic mass is 9.98. The molecule has 0 saturated heterocycles. The highest BCUT2D eigenvalue weighted by Crippen LogP contribution is 2.29. The fourth-order valence-electron chi connectivity index (χ4n) is 2.47. The molecule has 0 saturated carbocycles. The fourth-order valence-corrected chi connectivity index (χ4v) is 3.25. The van der Waals surface area contributed by atoms with Crippen molar-refractivity contribution >= 4 is 11.3 Å². The molecular weight excluding hydrogens is 270 g/mol. The van der Waals surface area contributed by atoms with Crippen LogP contribution in [0.15, 0.2) is 29.8 Å². The minimum absolute atomic E-state index is 0.795. The van der Waals surface area contributed by atoms with Crippen LogP contribution in [0, 0.1) is 0 Å². The first kappa shape index (κ1) is 11.7. The first-order chi connectivity index (χ1) is 9.90. The number of hydrogen-bond acceptors (Lipinski definition) is 5. The average Bonchev–Trinajstić information content (AvgIpc) is 3.17. The molecule has 0 fully saturated rings. The summed E-state index contributed by atoms with van der Waals surface area (Å²) in [4.78, 5) is 4.65. The SMILES string of the molecule is c1cc2c(cc1-c1csc(-c3cn[nH]n3)n1)CCNC2. The van der Waals surface area contributed by atoms with Gasteiger partial charge in [0.1, 0.15) is 10.7 Å². The largest absolute Gasteiger partial charge is 0.312 e. The van der Waals surface area contributed by atoms with Gasteiger partial charge in [0.05, 0.1) is 11.9 Å². The topological polar surface area (TPSA) is 66.5 Å². The van der Waals surface area contributed by atoms with Crippen LogP contribution in [0.4, 0.5) is 0 Å². The van der Waals surface area contributed by atoms with Gasteiger partial charge in [0.25, 0.3) is 0 Å². The van der Waals surface area contributed by atoms with E-state index in [1.807, 2.05) is 0 Å². The molecule has 4 rings (SSSR count). The van der Waals surface area contributed by atoms with Crippen LogP contribution in [0.25, 0.3) is 22.0 Å². The number of benzene rings is 1. The number of fused-ring (bicyclic) bond motifs is 1. The molecule has 3 heterocycles. The van der Waals surface area contributed by atoms with Crippen LogP contribution in [-0.4, -0.2) is 26.9 Å². The molecule has 1 aromatic carbocycles. The van der Waals surface area contributed by atoms with E-state index in [-0.39, 0.29) is 0 Å². The highest BCUT2D eigenvalue weighted by Gasteiger charge is 2.12. The van der Waals surface area contributed by atoms with Crippen molar-refractivity contribution in [3.63, 3.8) is 0 Å². The molecule has 1 aliphatic rings. The Morgan fingerprint density at radius 1 is 1.15 bits per heavy atom. The van der Waals surface area contributed by atoms with Crippen molar-refractivity contribution < 1.29 is 0 Å². The Kier molecular flexibility index (Phi) is 2.82. The van der Waals surface area contributed by atoms with Gasteiger partial charge in [-0.1, -0.05) is 12.1 Å². The second-order valence-corrected chi connectivity index (χ2v) is 5.66. The van der Waals surface area contributed by atoms with Crippen LogP contribution in [0.2, 0.25) is 0 Å². The molecule has 0 aliphatic carbocycles. The molecule has 0 bridgehead atoms. The zero-order valence-electron chi connectivity index (χ0n) is 10.8. The van der Waals surface area contributed by atoms with Gasteiger partial charge in [-0.05, 0) is 30.2 Å². The summed E-state index contributed by atoms with van der Waals surface area (Å²) in [5.41, 5.74) is 5.80. The maximum absolute atomic E-state index is 4.65. The predicted molar refractivity (Wildman–Crippen MR) is 78.3 cm³/mol. The molecule has 2 aromatic heterocycles. The van der Waals surface area contributed by atoms with E-state index in [0.717, 1.165) is 35.9 Å². The quantitative estimate of drug-likeness (QED) is 0.757. The summed E-state index contributed by atoms with van der Waals surface area (Å²) in [7, 11) is 0. The van der Waals surface area contributed by atoms with Gasteiger partial charge in [0, 0.05) is 17.5 Å². The molecular formula is C14H13N5S. The van der Waals surface area contributed by atoms with Crippen molar-refractivity contribution in [2.75, 3.05) is 6.54 Å². The van der Waals surface area contributed by atoms with E-state index in [4.69, 9.17) is 0 Å². The highest BCUT2D eigenvalue weighted by atomic mass is 32.1. The zero-order chi connectivity index (χ0) is 13.4. The first-order valence-corrected chi connectivity index (χ1v) is 7.43. The van der Waals surface area contributed by atoms with Gasteiger partial charge in [-0.3, -0.25) is 0 Å². The molecule has 6 heteroatoms. The van der Waals surface area contributed by atoms with Crippen LogP contribution < -0.4 is 5.32 Å². The molecule has 5 nitrogen and oxygen atoms in total. The number of aromatic amines is 1. The molecule has 0 atom stereocenters. The van der Waals surface area contributed by atoms with Gasteiger partial charge in [0.2, 0.25) is 0 Å². The highest BCUT2D eigenvalue weighted by molar-refractivity contribution is 7.13. The number of nitrogens with one attached hydrogen (secondary N) is 2. The summed E-state index contributed by atoms with van der Waals surface area (Å²) >= 11 is 1.59. The lowest BCUT2D eigenvalue weighted by Gasteiger charge is -2.17. The Labute approximate surface area is 120 Å². The first-order valence-electron chi connectivity index (χ1n) is 6.55. The number of aromatic nitrogens is 4. The van der Waals surface area contributed by atoms with Crippen molar-refractivity contribution in [2.45, 2.75) is 13.0 Å². The monoisotopic (exact) mass is 283 g/mol. The lowest BCUT2D eigenvalue weighted by molar-refractivity contribution is 0.644. The Balaban J connectivity index is 1.71. The molecule has 2 N–H and O–H groups in total.